The summed E-state index contributed by atoms with van der Waals surface area (Å²) in [5, 5.41) is 8.67. The van der Waals surface area contributed by atoms with Crippen LogP contribution >= 0.6 is 23.6 Å². The number of carbonyl (C=O) groups is 1. The third-order valence-corrected chi connectivity index (χ3v) is 9.08. The van der Waals surface area contributed by atoms with E-state index >= 15 is 0 Å². The molecule has 0 saturated heterocycles. The van der Waals surface area contributed by atoms with E-state index in [9.17, 15) is 4.79 Å². The molecular weight excluding hydrogens is 400 g/mol. The Morgan fingerprint density at radius 3 is 2.45 bits per heavy atom. The molecule has 29 heavy (non-hydrogen) atoms. The fourth-order valence-corrected chi connectivity index (χ4v) is 8.29. The summed E-state index contributed by atoms with van der Waals surface area (Å²) in [4.78, 5) is 14.1. The summed E-state index contributed by atoms with van der Waals surface area (Å²) >= 11 is 7.46. The van der Waals surface area contributed by atoms with Crippen molar-refractivity contribution in [1.29, 1.82) is 0 Å². The molecule has 158 valence electrons. The SMILES string of the molecule is CCOC(=O)c1c(NC(=S)NC2C3CC4CC(C3)CC2C4)sc2c1CCCCC2. The first-order valence-corrected chi connectivity index (χ1v) is 12.7. The predicted octanol–water partition coefficient (Wildman–Crippen LogP) is 5.30. The van der Waals surface area contributed by atoms with Crippen LogP contribution in [0.1, 0.15) is 79.1 Å². The highest BCUT2D eigenvalue weighted by Crippen LogP contribution is 2.53. The Balaban J connectivity index is 1.33. The van der Waals surface area contributed by atoms with Crippen LogP contribution < -0.4 is 10.6 Å². The lowest BCUT2D eigenvalue weighted by atomic mass is 9.54. The Hall–Kier alpha value is -1.14. The lowest BCUT2D eigenvalue weighted by Gasteiger charge is -2.54. The monoisotopic (exact) mass is 432 g/mol. The van der Waals surface area contributed by atoms with Crippen LogP contribution in [0.4, 0.5) is 5.00 Å². The number of thiophene rings is 1. The predicted molar refractivity (Wildman–Crippen MR) is 122 cm³/mol. The highest BCUT2D eigenvalue weighted by molar-refractivity contribution is 7.80. The highest BCUT2D eigenvalue weighted by Gasteiger charge is 2.48. The molecule has 0 spiro atoms. The summed E-state index contributed by atoms with van der Waals surface area (Å²) in [6, 6.07) is 0.506. The second kappa shape index (κ2) is 8.18. The molecule has 5 aliphatic rings. The molecule has 0 aliphatic heterocycles. The minimum atomic E-state index is -0.202. The average Bonchev–Trinajstić information content (AvgIpc) is 2.85. The normalized spacial score (nSPS) is 32.4. The quantitative estimate of drug-likeness (QED) is 0.384. The minimum Gasteiger partial charge on any atom is -0.462 e. The molecule has 1 aromatic heterocycles. The van der Waals surface area contributed by atoms with Crippen molar-refractivity contribution in [2.45, 2.75) is 77.2 Å². The van der Waals surface area contributed by atoms with Crippen molar-refractivity contribution in [3.05, 3.63) is 16.0 Å². The van der Waals surface area contributed by atoms with Gasteiger partial charge in [0.05, 0.1) is 12.2 Å². The van der Waals surface area contributed by atoms with Crippen LogP contribution in [0.5, 0.6) is 0 Å². The first kappa shape index (κ1) is 19.8. The maximum Gasteiger partial charge on any atom is 0.341 e. The van der Waals surface area contributed by atoms with E-state index in [1.54, 1.807) is 11.3 Å². The first-order valence-electron chi connectivity index (χ1n) is 11.5. The van der Waals surface area contributed by atoms with Gasteiger partial charge in [0, 0.05) is 10.9 Å². The number of anilines is 1. The summed E-state index contributed by atoms with van der Waals surface area (Å²) in [6.45, 7) is 2.27. The van der Waals surface area contributed by atoms with E-state index in [0.29, 0.717) is 17.8 Å². The molecule has 6 rings (SSSR count). The molecule has 0 radical (unpaired) electrons. The molecule has 4 fully saturated rings. The van der Waals surface area contributed by atoms with Crippen LogP contribution in [0.2, 0.25) is 0 Å². The summed E-state index contributed by atoms with van der Waals surface area (Å²) in [6.07, 6.45) is 12.6. The molecule has 0 unspecified atom stereocenters. The zero-order valence-electron chi connectivity index (χ0n) is 17.3. The largest absolute Gasteiger partial charge is 0.462 e. The van der Waals surface area contributed by atoms with Gasteiger partial charge in [-0.3, -0.25) is 0 Å². The number of carbonyl (C=O) groups excluding carboxylic acids is 1. The van der Waals surface area contributed by atoms with Crippen LogP contribution in [0.25, 0.3) is 0 Å². The summed E-state index contributed by atoms with van der Waals surface area (Å²) in [7, 11) is 0. The average molecular weight is 433 g/mol. The summed E-state index contributed by atoms with van der Waals surface area (Å²) < 4.78 is 5.41. The Morgan fingerprint density at radius 1 is 1.07 bits per heavy atom. The van der Waals surface area contributed by atoms with Gasteiger partial charge in [0.25, 0.3) is 0 Å². The zero-order chi connectivity index (χ0) is 20.0. The Kier molecular flexibility index (Phi) is 5.59. The molecule has 0 atom stereocenters. The molecule has 1 heterocycles. The van der Waals surface area contributed by atoms with Crippen LogP contribution in [-0.4, -0.2) is 23.7 Å². The van der Waals surface area contributed by atoms with Crippen molar-refractivity contribution in [3.63, 3.8) is 0 Å². The van der Waals surface area contributed by atoms with Gasteiger partial charge in [0.1, 0.15) is 5.00 Å². The second-order valence-corrected chi connectivity index (χ2v) is 11.1. The van der Waals surface area contributed by atoms with Crippen molar-refractivity contribution in [3.8, 4) is 0 Å². The number of nitrogens with one attached hydrogen (secondary N) is 2. The summed E-state index contributed by atoms with van der Waals surface area (Å²) in [5.41, 5.74) is 1.94. The maximum atomic E-state index is 12.8. The first-order chi connectivity index (χ1) is 14.1. The molecule has 2 N–H and O–H groups in total. The Morgan fingerprint density at radius 2 is 1.76 bits per heavy atom. The molecule has 4 saturated carbocycles. The second-order valence-electron chi connectivity index (χ2n) is 9.54. The van der Waals surface area contributed by atoms with Gasteiger partial charge in [-0.1, -0.05) is 6.42 Å². The van der Waals surface area contributed by atoms with E-state index in [1.807, 2.05) is 6.92 Å². The van der Waals surface area contributed by atoms with Gasteiger partial charge in [0.15, 0.2) is 5.11 Å². The number of hydrogen-bond acceptors (Lipinski definition) is 4. The van der Waals surface area contributed by atoms with Crippen molar-refractivity contribution < 1.29 is 9.53 Å². The molecule has 4 nitrogen and oxygen atoms in total. The number of aryl methyl sites for hydroxylation is 1. The van der Waals surface area contributed by atoms with Crippen LogP contribution in [0.3, 0.4) is 0 Å². The van der Waals surface area contributed by atoms with Crippen molar-refractivity contribution in [2.24, 2.45) is 23.7 Å². The molecule has 6 heteroatoms. The lowest BCUT2D eigenvalue weighted by molar-refractivity contribution is -0.00665. The fraction of sp³-hybridized carbons (Fsp3) is 0.739. The van der Waals surface area contributed by atoms with Gasteiger partial charge in [-0.2, -0.15) is 0 Å². The van der Waals surface area contributed by atoms with E-state index in [2.05, 4.69) is 10.6 Å². The number of thiocarbonyl (C=S) groups is 1. The number of fused-ring (bicyclic) bond motifs is 1. The van der Waals surface area contributed by atoms with E-state index < -0.39 is 0 Å². The van der Waals surface area contributed by atoms with Crippen LogP contribution in [0.15, 0.2) is 0 Å². The van der Waals surface area contributed by atoms with Crippen LogP contribution in [0, 0.1) is 23.7 Å². The van der Waals surface area contributed by atoms with E-state index in [4.69, 9.17) is 17.0 Å². The maximum absolute atomic E-state index is 12.8. The highest BCUT2D eigenvalue weighted by atomic mass is 32.1. The fourth-order valence-electron chi connectivity index (χ4n) is 6.70. The Bertz CT molecular complexity index is 775. The standard InChI is InChI=1S/C23H32N2O2S2/c1-2-27-22(26)19-17-6-4-3-5-7-18(17)29-21(19)25-23(28)24-20-15-9-13-8-14(11-15)12-16(20)10-13/h13-16,20H,2-12H2,1H3,(H2,24,25,28). The number of ether oxygens (including phenoxy) is 1. The number of esters is 1. The van der Waals surface area contributed by atoms with Crippen molar-refractivity contribution >= 4 is 39.6 Å². The zero-order valence-corrected chi connectivity index (χ0v) is 18.9. The van der Waals surface area contributed by atoms with E-state index in [1.165, 1.54) is 55.4 Å². The minimum absolute atomic E-state index is 0.202. The van der Waals surface area contributed by atoms with E-state index in [0.717, 1.165) is 53.5 Å². The summed E-state index contributed by atoms with van der Waals surface area (Å²) in [5.74, 6) is 3.26. The molecule has 0 amide bonds. The molecule has 0 aromatic carbocycles. The van der Waals surface area contributed by atoms with Gasteiger partial charge >= 0.3 is 5.97 Å². The number of hydrogen-bond donors (Lipinski definition) is 2. The van der Waals surface area contributed by atoms with E-state index in [-0.39, 0.29) is 5.97 Å². The third kappa shape index (κ3) is 3.83. The van der Waals surface area contributed by atoms with Gasteiger partial charge in [-0.25, -0.2) is 4.79 Å². The van der Waals surface area contributed by atoms with Gasteiger partial charge in [0.2, 0.25) is 0 Å². The van der Waals surface area contributed by atoms with Crippen LogP contribution in [-0.2, 0) is 17.6 Å². The van der Waals surface area contributed by atoms with Gasteiger partial charge in [-0.15, -0.1) is 11.3 Å². The van der Waals surface area contributed by atoms with Crippen molar-refractivity contribution in [2.75, 3.05) is 11.9 Å². The third-order valence-electron chi connectivity index (χ3n) is 7.65. The lowest BCUT2D eigenvalue weighted by Crippen LogP contribution is -2.56. The molecular formula is C23H32N2O2S2. The van der Waals surface area contributed by atoms with Gasteiger partial charge < -0.3 is 15.4 Å². The van der Waals surface area contributed by atoms with Crippen molar-refractivity contribution in [1.82, 2.24) is 5.32 Å². The molecule has 4 bridgehead atoms. The van der Waals surface area contributed by atoms with Gasteiger partial charge in [-0.05, 0) is 106 Å². The molecule has 1 aromatic rings. The topological polar surface area (TPSA) is 50.4 Å². The molecule has 5 aliphatic carbocycles. The number of rotatable bonds is 4. The Labute approximate surface area is 183 Å². The smallest absolute Gasteiger partial charge is 0.341 e.